The lowest BCUT2D eigenvalue weighted by Crippen LogP contribution is -1.94. The van der Waals surface area contributed by atoms with Crippen molar-refractivity contribution in [2.75, 3.05) is 0 Å². The summed E-state index contributed by atoms with van der Waals surface area (Å²) in [5.41, 5.74) is 2.11. The van der Waals surface area contributed by atoms with E-state index in [1.165, 1.54) is 11.3 Å². The number of aromatic carboxylic acids is 1. The van der Waals surface area contributed by atoms with E-state index in [1.54, 1.807) is 6.07 Å². The Kier molecular flexibility index (Phi) is 4.21. The molecule has 3 rings (SSSR count). The van der Waals surface area contributed by atoms with Gasteiger partial charge in [-0.25, -0.2) is 4.79 Å². The molecule has 0 radical (unpaired) electrons. The van der Waals surface area contributed by atoms with Crippen LogP contribution in [0.2, 0.25) is 0 Å². The lowest BCUT2D eigenvalue weighted by Gasteiger charge is -2.06. The number of thiophene rings is 1. The van der Waals surface area contributed by atoms with E-state index in [1.807, 2.05) is 60.7 Å². The van der Waals surface area contributed by atoms with Gasteiger partial charge in [-0.2, -0.15) is 0 Å². The van der Waals surface area contributed by atoms with Crippen molar-refractivity contribution in [3.8, 4) is 16.2 Å². The molecule has 1 heterocycles. The number of rotatable bonds is 5. The Morgan fingerprint density at radius 2 is 1.68 bits per heavy atom. The molecule has 3 nitrogen and oxygen atoms in total. The summed E-state index contributed by atoms with van der Waals surface area (Å²) in [6.45, 7) is 0.530. The topological polar surface area (TPSA) is 46.5 Å². The Bertz CT molecular complexity index is 761. The molecule has 0 fully saturated rings. The molecule has 0 saturated carbocycles. The van der Waals surface area contributed by atoms with Gasteiger partial charge in [0.25, 0.3) is 0 Å². The fourth-order valence-electron chi connectivity index (χ4n) is 2.06. The van der Waals surface area contributed by atoms with Crippen molar-refractivity contribution in [1.82, 2.24) is 0 Å². The number of benzene rings is 2. The van der Waals surface area contributed by atoms with Crippen molar-refractivity contribution < 1.29 is 14.6 Å². The van der Waals surface area contributed by atoms with Gasteiger partial charge < -0.3 is 9.84 Å². The monoisotopic (exact) mass is 310 g/mol. The summed E-state index contributed by atoms with van der Waals surface area (Å²) in [4.78, 5) is 12.2. The molecule has 0 bridgehead atoms. The predicted molar refractivity (Wildman–Crippen MR) is 87.5 cm³/mol. The Hall–Kier alpha value is -2.59. The van der Waals surface area contributed by atoms with Crippen molar-refractivity contribution in [1.29, 1.82) is 0 Å². The summed E-state index contributed by atoms with van der Waals surface area (Å²) in [6.07, 6.45) is 0. The van der Waals surface area contributed by atoms with Crippen molar-refractivity contribution in [2.45, 2.75) is 6.61 Å². The van der Waals surface area contributed by atoms with Crippen LogP contribution in [0.5, 0.6) is 5.75 Å². The summed E-state index contributed by atoms with van der Waals surface area (Å²) in [5.74, 6) is -0.0957. The highest BCUT2D eigenvalue weighted by Gasteiger charge is 2.08. The highest BCUT2D eigenvalue weighted by molar-refractivity contribution is 7.17. The molecule has 4 heteroatoms. The van der Waals surface area contributed by atoms with Gasteiger partial charge in [0.15, 0.2) is 0 Å². The highest BCUT2D eigenvalue weighted by atomic mass is 32.1. The normalized spacial score (nSPS) is 10.4. The van der Waals surface area contributed by atoms with Crippen LogP contribution in [0.1, 0.15) is 15.2 Å². The third-order valence-corrected chi connectivity index (χ3v) is 4.33. The standard InChI is InChI=1S/C18H14O3S/c19-18(20)17-11-10-16(22-17)14-6-8-15(9-7-14)21-12-13-4-2-1-3-5-13/h1-11H,12H2,(H,19,20). The molecule has 0 spiro atoms. The second kappa shape index (κ2) is 6.45. The van der Waals surface area contributed by atoms with Crippen molar-refractivity contribution in [3.05, 3.63) is 77.2 Å². The maximum absolute atomic E-state index is 10.9. The van der Waals surface area contributed by atoms with Crippen molar-refractivity contribution in [2.24, 2.45) is 0 Å². The fraction of sp³-hybridized carbons (Fsp3) is 0.0556. The molecule has 22 heavy (non-hydrogen) atoms. The lowest BCUT2D eigenvalue weighted by atomic mass is 10.2. The number of carboxylic acids is 1. The zero-order valence-corrected chi connectivity index (χ0v) is 12.5. The van der Waals surface area contributed by atoms with Crippen LogP contribution in [0.4, 0.5) is 0 Å². The zero-order valence-electron chi connectivity index (χ0n) is 11.7. The van der Waals surface area contributed by atoms with Gasteiger partial charge in [0.1, 0.15) is 17.2 Å². The van der Waals surface area contributed by atoms with E-state index in [0.29, 0.717) is 11.5 Å². The van der Waals surface area contributed by atoms with Gasteiger partial charge in [0.2, 0.25) is 0 Å². The number of hydrogen-bond donors (Lipinski definition) is 1. The first-order chi connectivity index (χ1) is 10.7. The van der Waals surface area contributed by atoms with Gasteiger partial charge in [-0.1, -0.05) is 30.3 Å². The molecule has 2 aromatic carbocycles. The number of ether oxygens (including phenoxy) is 1. The third kappa shape index (κ3) is 3.35. The van der Waals surface area contributed by atoms with E-state index >= 15 is 0 Å². The SMILES string of the molecule is O=C(O)c1ccc(-c2ccc(OCc3ccccc3)cc2)s1. The number of carbonyl (C=O) groups is 1. The van der Waals surface area contributed by atoms with Crippen LogP contribution in [0.25, 0.3) is 10.4 Å². The van der Waals surface area contributed by atoms with E-state index < -0.39 is 5.97 Å². The minimum absolute atomic E-state index is 0.347. The highest BCUT2D eigenvalue weighted by Crippen LogP contribution is 2.29. The molecule has 0 aliphatic heterocycles. The molecule has 0 aliphatic carbocycles. The van der Waals surface area contributed by atoms with Crippen LogP contribution in [0, 0.1) is 0 Å². The van der Waals surface area contributed by atoms with Gasteiger partial charge in [-0.3, -0.25) is 0 Å². The molecule has 0 amide bonds. The Morgan fingerprint density at radius 3 is 2.32 bits per heavy atom. The van der Waals surface area contributed by atoms with Crippen LogP contribution < -0.4 is 4.74 Å². The minimum atomic E-state index is -0.890. The molecule has 3 aromatic rings. The third-order valence-electron chi connectivity index (χ3n) is 3.20. The van der Waals surface area contributed by atoms with Gasteiger partial charge >= 0.3 is 5.97 Å². The Labute approximate surface area is 132 Å². The Morgan fingerprint density at radius 1 is 0.955 bits per heavy atom. The first-order valence-electron chi connectivity index (χ1n) is 6.83. The summed E-state index contributed by atoms with van der Waals surface area (Å²) < 4.78 is 5.74. The number of carboxylic acid groups (broad SMARTS) is 1. The number of hydrogen-bond acceptors (Lipinski definition) is 3. The fourth-order valence-corrected chi connectivity index (χ4v) is 2.91. The van der Waals surface area contributed by atoms with E-state index in [0.717, 1.165) is 21.8 Å². The van der Waals surface area contributed by atoms with Gasteiger partial charge in [0.05, 0.1) is 0 Å². The van der Waals surface area contributed by atoms with Crippen molar-refractivity contribution >= 4 is 17.3 Å². The molecule has 1 N–H and O–H groups in total. The quantitative estimate of drug-likeness (QED) is 0.743. The molecule has 0 atom stereocenters. The molecule has 1 aromatic heterocycles. The van der Waals surface area contributed by atoms with E-state index in [-0.39, 0.29) is 0 Å². The second-order valence-corrected chi connectivity index (χ2v) is 5.85. The van der Waals surface area contributed by atoms with Gasteiger partial charge in [-0.05, 0) is 47.5 Å². The summed E-state index contributed by atoms with van der Waals surface area (Å²) in [5, 5.41) is 8.96. The maximum Gasteiger partial charge on any atom is 0.345 e. The second-order valence-electron chi connectivity index (χ2n) is 4.77. The average Bonchev–Trinajstić information content (AvgIpc) is 3.05. The first kappa shape index (κ1) is 14.4. The molecular weight excluding hydrogens is 296 g/mol. The summed E-state index contributed by atoms with van der Waals surface area (Å²) in [7, 11) is 0. The van der Waals surface area contributed by atoms with Crippen LogP contribution in [-0.4, -0.2) is 11.1 Å². The van der Waals surface area contributed by atoms with E-state index in [9.17, 15) is 4.79 Å². The predicted octanol–water partition coefficient (Wildman–Crippen LogP) is 4.69. The van der Waals surface area contributed by atoms with Crippen LogP contribution in [-0.2, 0) is 6.61 Å². The molecule has 0 unspecified atom stereocenters. The van der Waals surface area contributed by atoms with Crippen LogP contribution >= 0.6 is 11.3 Å². The molecule has 110 valence electrons. The molecular formula is C18H14O3S. The van der Waals surface area contributed by atoms with Gasteiger partial charge in [-0.15, -0.1) is 11.3 Å². The van der Waals surface area contributed by atoms with Gasteiger partial charge in [0, 0.05) is 4.88 Å². The molecule has 0 aliphatic rings. The minimum Gasteiger partial charge on any atom is -0.489 e. The smallest absolute Gasteiger partial charge is 0.345 e. The van der Waals surface area contributed by atoms with E-state index in [4.69, 9.17) is 9.84 Å². The average molecular weight is 310 g/mol. The molecule has 0 saturated heterocycles. The van der Waals surface area contributed by atoms with E-state index in [2.05, 4.69) is 0 Å². The zero-order chi connectivity index (χ0) is 15.4. The van der Waals surface area contributed by atoms with Crippen LogP contribution in [0.3, 0.4) is 0 Å². The maximum atomic E-state index is 10.9. The largest absolute Gasteiger partial charge is 0.489 e. The summed E-state index contributed by atoms with van der Waals surface area (Å²) >= 11 is 1.27. The Balaban J connectivity index is 1.68. The lowest BCUT2D eigenvalue weighted by molar-refractivity contribution is 0.0702. The summed E-state index contributed by atoms with van der Waals surface area (Å²) in [6, 6.07) is 21.1. The van der Waals surface area contributed by atoms with Crippen molar-refractivity contribution in [3.63, 3.8) is 0 Å². The van der Waals surface area contributed by atoms with Crippen LogP contribution in [0.15, 0.2) is 66.7 Å². The first-order valence-corrected chi connectivity index (χ1v) is 7.64.